The molecule has 3 aliphatic heterocycles. The lowest BCUT2D eigenvalue weighted by molar-refractivity contribution is -0.384. The first-order chi connectivity index (χ1) is 12.5. The topological polar surface area (TPSA) is 89.5 Å². The van der Waals surface area contributed by atoms with Gasteiger partial charge < -0.3 is 28.4 Å². The Morgan fingerprint density at radius 1 is 1.27 bits per heavy atom. The van der Waals surface area contributed by atoms with Gasteiger partial charge in [0.15, 0.2) is 18.5 Å². The zero-order chi connectivity index (χ0) is 18.3. The van der Waals surface area contributed by atoms with Crippen LogP contribution in [-0.2, 0) is 38.0 Å². The summed E-state index contributed by atoms with van der Waals surface area (Å²) in [4.78, 5) is 23.6. The summed E-state index contributed by atoms with van der Waals surface area (Å²) in [5.74, 6) is -2.30. The van der Waals surface area contributed by atoms with Gasteiger partial charge in [0.05, 0.1) is 6.61 Å². The smallest absolute Gasteiger partial charge is 0.312 e. The number of esters is 2. The van der Waals surface area contributed by atoms with Gasteiger partial charge in [0.25, 0.3) is 0 Å². The molecule has 1 aromatic carbocycles. The third-order valence-corrected chi connectivity index (χ3v) is 4.83. The van der Waals surface area contributed by atoms with Gasteiger partial charge in [-0.1, -0.05) is 30.3 Å². The molecule has 140 valence electrons. The number of benzene rings is 1. The summed E-state index contributed by atoms with van der Waals surface area (Å²) in [6, 6.07) is 9.41. The molecule has 0 saturated carbocycles. The van der Waals surface area contributed by atoms with Crippen LogP contribution in [-0.4, -0.2) is 55.9 Å². The Morgan fingerprint density at radius 3 is 2.73 bits per heavy atom. The molecule has 0 radical (unpaired) electrons. The van der Waals surface area contributed by atoms with Crippen LogP contribution in [0.2, 0.25) is 0 Å². The zero-order valence-corrected chi connectivity index (χ0v) is 14.5. The average molecular weight is 364 g/mol. The van der Waals surface area contributed by atoms with Crippen molar-refractivity contribution < 1.29 is 38.0 Å². The van der Waals surface area contributed by atoms with E-state index in [-0.39, 0.29) is 13.0 Å². The molecule has 26 heavy (non-hydrogen) atoms. The first-order valence-electron chi connectivity index (χ1n) is 8.44. The predicted molar refractivity (Wildman–Crippen MR) is 84.7 cm³/mol. The summed E-state index contributed by atoms with van der Waals surface area (Å²) in [5.41, 5.74) is 0.833. The molecular weight excluding hydrogens is 344 g/mol. The van der Waals surface area contributed by atoms with E-state index >= 15 is 0 Å². The maximum atomic E-state index is 11.9. The summed E-state index contributed by atoms with van der Waals surface area (Å²) in [7, 11) is 1.43. The van der Waals surface area contributed by atoms with E-state index in [2.05, 4.69) is 0 Å². The molecule has 4 rings (SSSR count). The van der Waals surface area contributed by atoms with Gasteiger partial charge >= 0.3 is 11.9 Å². The largest absolute Gasteiger partial charge is 0.455 e. The second kappa shape index (κ2) is 6.62. The van der Waals surface area contributed by atoms with E-state index < -0.39 is 48.4 Å². The Hall–Kier alpha value is -2.00. The van der Waals surface area contributed by atoms with Crippen molar-refractivity contribution in [2.45, 2.75) is 49.8 Å². The standard InChI is InChI=1S/C18H20O8/c1-10(19)23-15-14-12(26-18(21-2)8-13(20)24-16(15)18)9-22-17(25-14)11-6-4-3-5-7-11/h3-7,12,14-17H,8-9H2,1-2H3/t12?,14-,15?,16?,17?,18-/m1/s1. The Balaban J connectivity index is 1.64. The Labute approximate surface area is 150 Å². The molecule has 3 heterocycles. The molecule has 8 nitrogen and oxygen atoms in total. The second-order valence-corrected chi connectivity index (χ2v) is 6.51. The summed E-state index contributed by atoms with van der Waals surface area (Å²) in [6.45, 7) is 1.50. The predicted octanol–water partition coefficient (Wildman–Crippen LogP) is 1.09. The molecule has 0 amide bonds. The van der Waals surface area contributed by atoms with Crippen molar-refractivity contribution >= 4 is 11.9 Å². The number of hydrogen-bond donors (Lipinski definition) is 0. The van der Waals surface area contributed by atoms with Crippen molar-refractivity contribution in [2.24, 2.45) is 0 Å². The minimum Gasteiger partial charge on any atom is -0.455 e. The van der Waals surface area contributed by atoms with Gasteiger partial charge in [0.1, 0.15) is 18.6 Å². The maximum Gasteiger partial charge on any atom is 0.312 e. The zero-order valence-electron chi connectivity index (χ0n) is 14.5. The van der Waals surface area contributed by atoms with Gasteiger partial charge in [-0.25, -0.2) is 0 Å². The van der Waals surface area contributed by atoms with Crippen molar-refractivity contribution in [1.29, 1.82) is 0 Å². The van der Waals surface area contributed by atoms with E-state index in [1.807, 2.05) is 30.3 Å². The number of rotatable bonds is 3. The van der Waals surface area contributed by atoms with E-state index in [9.17, 15) is 9.59 Å². The summed E-state index contributed by atoms with van der Waals surface area (Å²) in [5, 5.41) is 0. The normalized spacial score (nSPS) is 38.8. The van der Waals surface area contributed by atoms with E-state index in [0.717, 1.165) is 5.56 Å². The van der Waals surface area contributed by atoms with Crippen LogP contribution in [0.4, 0.5) is 0 Å². The number of methoxy groups -OCH3 is 1. The number of ether oxygens (including phenoxy) is 6. The second-order valence-electron chi connectivity index (χ2n) is 6.51. The fourth-order valence-electron chi connectivity index (χ4n) is 3.71. The number of fused-ring (bicyclic) bond motifs is 2. The molecule has 3 saturated heterocycles. The Morgan fingerprint density at radius 2 is 2.04 bits per heavy atom. The molecule has 6 atom stereocenters. The minimum absolute atomic E-state index is 0.0860. The lowest BCUT2D eigenvalue weighted by Gasteiger charge is -2.50. The highest BCUT2D eigenvalue weighted by Gasteiger charge is 2.65. The first kappa shape index (κ1) is 17.4. The number of carbonyl (C=O) groups excluding carboxylic acids is 2. The number of hydrogen-bond acceptors (Lipinski definition) is 8. The minimum atomic E-state index is -1.31. The monoisotopic (exact) mass is 364 g/mol. The van der Waals surface area contributed by atoms with Crippen molar-refractivity contribution in [3.63, 3.8) is 0 Å². The van der Waals surface area contributed by atoms with Gasteiger partial charge in [-0.15, -0.1) is 0 Å². The molecule has 0 bridgehead atoms. The fraction of sp³-hybridized carbons (Fsp3) is 0.556. The lowest BCUT2D eigenvalue weighted by Crippen LogP contribution is -2.67. The van der Waals surface area contributed by atoms with Gasteiger partial charge in [0, 0.05) is 19.6 Å². The molecule has 3 fully saturated rings. The van der Waals surface area contributed by atoms with Crippen molar-refractivity contribution in [3.8, 4) is 0 Å². The number of carbonyl (C=O) groups is 2. The van der Waals surface area contributed by atoms with Gasteiger partial charge in [-0.2, -0.15) is 0 Å². The lowest BCUT2D eigenvalue weighted by atomic mass is 9.91. The Bertz CT molecular complexity index is 692. The van der Waals surface area contributed by atoms with E-state index in [1.54, 1.807) is 0 Å². The first-order valence-corrected chi connectivity index (χ1v) is 8.44. The van der Waals surface area contributed by atoms with Gasteiger partial charge in [-0.05, 0) is 0 Å². The highest BCUT2D eigenvalue weighted by Crippen LogP contribution is 2.45. The van der Waals surface area contributed by atoms with Crippen LogP contribution in [0.1, 0.15) is 25.2 Å². The van der Waals surface area contributed by atoms with Crippen molar-refractivity contribution in [2.75, 3.05) is 13.7 Å². The molecule has 0 aromatic heterocycles. The Kier molecular flexibility index (Phi) is 4.44. The molecule has 3 aliphatic rings. The molecule has 0 aliphatic carbocycles. The maximum absolute atomic E-state index is 11.9. The molecule has 0 spiro atoms. The molecule has 0 N–H and O–H groups in total. The third kappa shape index (κ3) is 2.88. The van der Waals surface area contributed by atoms with Crippen LogP contribution in [0.25, 0.3) is 0 Å². The average Bonchev–Trinajstić information content (AvgIpc) is 2.98. The fourth-order valence-corrected chi connectivity index (χ4v) is 3.71. The summed E-state index contributed by atoms with van der Waals surface area (Å²) >= 11 is 0. The van der Waals surface area contributed by atoms with Crippen LogP contribution in [0.15, 0.2) is 30.3 Å². The van der Waals surface area contributed by atoms with Crippen molar-refractivity contribution in [1.82, 2.24) is 0 Å². The van der Waals surface area contributed by atoms with Crippen LogP contribution in [0.3, 0.4) is 0 Å². The van der Waals surface area contributed by atoms with E-state index in [0.29, 0.717) is 0 Å². The third-order valence-electron chi connectivity index (χ3n) is 4.83. The SMILES string of the molecule is CO[C@@]12CC(=O)OC1C(OC(C)=O)[C@@H]1OC(c3ccccc3)OCC1O2. The quantitative estimate of drug-likeness (QED) is 0.737. The van der Waals surface area contributed by atoms with Crippen LogP contribution in [0.5, 0.6) is 0 Å². The molecule has 8 heteroatoms. The van der Waals surface area contributed by atoms with Crippen molar-refractivity contribution in [3.05, 3.63) is 35.9 Å². The van der Waals surface area contributed by atoms with Crippen LogP contribution in [0, 0.1) is 0 Å². The van der Waals surface area contributed by atoms with Gasteiger partial charge in [-0.3, -0.25) is 9.59 Å². The van der Waals surface area contributed by atoms with Gasteiger partial charge in [0.2, 0.25) is 5.79 Å². The molecule has 1 aromatic rings. The summed E-state index contributed by atoms with van der Waals surface area (Å²) in [6.07, 6.45) is -3.70. The van der Waals surface area contributed by atoms with E-state index in [4.69, 9.17) is 28.4 Å². The molecular formula is C18H20O8. The summed E-state index contributed by atoms with van der Waals surface area (Å²) < 4.78 is 34.2. The highest BCUT2D eigenvalue weighted by molar-refractivity contribution is 5.74. The highest BCUT2D eigenvalue weighted by atomic mass is 16.8. The molecule has 4 unspecified atom stereocenters. The van der Waals surface area contributed by atoms with Crippen LogP contribution >= 0.6 is 0 Å². The van der Waals surface area contributed by atoms with E-state index in [1.165, 1.54) is 14.0 Å². The van der Waals surface area contributed by atoms with Crippen LogP contribution < -0.4 is 0 Å².